The summed E-state index contributed by atoms with van der Waals surface area (Å²) < 4.78 is 5.52. The van der Waals surface area contributed by atoms with Crippen LogP contribution in [0.2, 0.25) is 0 Å². The summed E-state index contributed by atoms with van der Waals surface area (Å²) in [7, 11) is 0. The van der Waals surface area contributed by atoms with E-state index in [4.69, 9.17) is 4.74 Å². The Morgan fingerprint density at radius 1 is 1.06 bits per heavy atom. The van der Waals surface area contributed by atoms with Crippen molar-refractivity contribution in [3.63, 3.8) is 0 Å². The first-order chi connectivity index (χ1) is 8.51. The molecule has 0 aliphatic carbocycles. The van der Waals surface area contributed by atoms with E-state index in [-0.39, 0.29) is 5.54 Å². The molecule has 0 aliphatic rings. The van der Waals surface area contributed by atoms with Crippen molar-refractivity contribution in [2.24, 2.45) is 0 Å². The topological polar surface area (TPSA) is 21.3 Å². The van der Waals surface area contributed by atoms with Crippen molar-refractivity contribution < 1.29 is 4.74 Å². The molecule has 1 rings (SSSR count). The Hall–Kier alpha value is -0.860. The molecule has 0 saturated heterocycles. The van der Waals surface area contributed by atoms with Gasteiger partial charge in [-0.15, -0.1) is 0 Å². The van der Waals surface area contributed by atoms with Gasteiger partial charge in [0.1, 0.15) is 0 Å². The molecule has 0 atom stereocenters. The number of hydrogen-bond donors (Lipinski definition) is 1. The van der Waals surface area contributed by atoms with E-state index in [2.05, 4.69) is 57.3 Å². The maximum atomic E-state index is 5.52. The van der Waals surface area contributed by atoms with E-state index in [0.717, 1.165) is 32.6 Å². The van der Waals surface area contributed by atoms with Crippen LogP contribution in [0.3, 0.4) is 0 Å². The zero-order valence-electron chi connectivity index (χ0n) is 12.3. The van der Waals surface area contributed by atoms with Crippen LogP contribution in [0.25, 0.3) is 0 Å². The summed E-state index contributed by atoms with van der Waals surface area (Å²) in [6.07, 6.45) is 2.16. The molecule has 2 heteroatoms. The molecule has 2 nitrogen and oxygen atoms in total. The Balaban J connectivity index is 2.31. The highest BCUT2D eigenvalue weighted by Gasteiger charge is 2.07. The van der Waals surface area contributed by atoms with Gasteiger partial charge in [-0.25, -0.2) is 0 Å². The summed E-state index contributed by atoms with van der Waals surface area (Å²) >= 11 is 0. The number of nitrogens with one attached hydrogen (secondary N) is 1. The minimum atomic E-state index is 0.202. The molecule has 0 heterocycles. The second kappa shape index (κ2) is 7.55. The third kappa shape index (κ3) is 6.77. The molecule has 0 aliphatic heterocycles. The van der Waals surface area contributed by atoms with Gasteiger partial charge in [0, 0.05) is 12.1 Å². The molecule has 18 heavy (non-hydrogen) atoms. The molecule has 0 amide bonds. The van der Waals surface area contributed by atoms with E-state index in [9.17, 15) is 0 Å². The van der Waals surface area contributed by atoms with Gasteiger partial charge in [-0.2, -0.15) is 0 Å². The number of hydrogen-bond acceptors (Lipinski definition) is 2. The SMILES string of the molecule is CCCOCc1ccc(CCNC(C)(C)C)cc1. The zero-order valence-corrected chi connectivity index (χ0v) is 12.3. The maximum absolute atomic E-state index is 5.52. The summed E-state index contributed by atoms with van der Waals surface area (Å²) in [4.78, 5) is 0. The van der Waals surface area contributed by atoms with Crippen LogP contribution in [0.4, 0.5) is 0 Å². The Morgan fingerprint density at radius 3 is 2.22 bits per heavy atom. The number of rotatable bonds is 7. The van der Waals surface area contributed by atoms with Crippen LogP contribution in [0.5, 0.6) is 0 Å². The van der Waals surface area contributed by atoms with Crippen molar-refractivity contribution in [1.29, 1.82) is 0 Å². The van der Waals surface area contributed by atoms with Crippen LogP contribution < -0.4 is 5.32 Å². The first-order valence-electron chi connectivity index (χ1n) is 6.92. The first kappa shape index (κ1) is 15.2. The number of benzene rings is 1. The molecule has 0 unspecified atom stereocenters. The third-order valence-electron chi connectivity index (χ3n) is 2.71. The van der Waals surface area contributed by atoms with Crippen LogP contribution in [0, 0.1) is 0 Å². The van der Waals surface area contributed by atoms with Crippen LogP contribution >= 0.6 is 0 Å². The average Bonchev–Trinajstić information content (AvgIpc) is 2.30. The van der Waals surface area contributed by atoms with Crippen LogP contribution in [-0.2, 0) is 17.8 Å². The van der Waals surface area contributed by atoms with Gasteiger partial charge in [0.15, 0.2) is 0 Å². The predicted octanol–water partition coefficient (Wildman–Crippen LogP) is 3.54. The quantitative estimate of drug-likeness (QED) is 0.746. The van der Waals surface area contributed by atoms with Crippen LogP contribution in [0.15, 0.2) is 24.3 Å². The average molecular weight is 249 g/mol. The lowest BCUT2D eigenvalue weighted by Gasteiger charge is -2.20. The van der Waals surface area contributed by atoms with Gasteiger partial charge in [0.05, 0.1) is 6.61 Å². The van der Waals surface area contributed by atoms with Gasteiger partial charge >= 0.3 is 0 Å². The Morgan fingerprint density at radius 2 is 1.67 bits per heavy atom. The lowest BCUT2D eigenvalue weighted by molar-refractivity contribution is 0.121. The summed E-state index contributed by atoms with van der Waals surface area (Å²) in [5.74, 6) is 0. The van der Waals surface area contributed by atoms with E-state index < -0.39 is 0 Å². The molecular weight excluding hydrogens is 222 g/mol. The van der Waals surface area contributed by atoms with Crippen molar-refractivity contribution in [2.75, 3.05) is 13.2 Å². The van der Waals surface area contributed by atoms with Gasteiger partial charge in [0.2, 0.25) is 0 Å². The summed E-state index contributed by atoms with van der Waals surface area (Å²) in [6, 6.07) is 8.74. The molecule has 0 bridgehead atoms. The van der Waals surface area contributed by atoms with Crippen molar-refractivity contribution in [1.82, 2.24) is 5.32 Å². The van der Waals surface area contributed by atoms with E-state index in [1.807, 2.05) is 0 Å². The molecule has 0 aromatic heterocycles. The summed E-state index contributed by atoms with van der Waals surface area (Å²) in [5, 5.41) is 3.50. The first-order valence-corrected chi connectivity index (χ1v) is 6.92. The van der Waals surface area contributed by atoms with Crippen LogP contribution in [0.1, 0.15) is 45.2 Å². The largest absolute Gasteiger partial charge is 0.377 e. The molecule has 102 valence electrons. The monoisotopic (exact) mass is 249 g/mol. The fourth-order valence-electron chi connectivity index (χ4n) is 1.72. The Bertz CT molecular complexity index is 324. The standard InChI is InChI=1S/C16H27NO/c1-5-12-18-13-15-8-6-14(7-9-15)10-11-17-16(2,3)4/h6-9,17H,5,10-13H2,1-4H3. The van der Waals surface area contributed by atoms with Crippen molar-refractivity contribution in [3.05, 3.63) is 35.4 Å². The van der Waals surface area contributed by atoms with E-state index in [1.54, 1.807) is 0 Å². The Labute approximate surface area is 112 Å². The minimum Gasteiger partial charge on any atom is -0.377 e. The van der Waals surface area contributed by atoms with Gasteiger partial charge in [-0.1, -0.05) is 31.2 Å². The van der Waals surface area contributed by atoms with E-state index in [1.165, 1.54) is 11.1 Å². The summed E-state index contributed by atoms with van der Waals surface area (Å²) in [5.41, 5.74) is 2.84. The second-order valence-corrected chi connectivity index (χ2v) is 5.80. The lowest BCUT2D eigenvalue weighted by atomic mass is 10.1. The maximum Gasteiger partial charge on any atom is 0.0716 e. The minimum absolute atomic E-state index is 0.202. The normalized spacial score (nSPS) is 11.8. The zero-order chi connectivity index (χ0) is 13.4. The van der Waals surface area contributed by atoms with E-state index >= 15 is 0 Å². The molecule has 0 radical (unpaired) electrons. The van der Waals surface area contributed by atoms with Crippen molar-refractivity contribution in [3.8, 4) is 0 Å². The van der Waals surface area contributed by atoms with Crippen molar-refractivity contribution >= 4 is 0 Å². The smallest absolute Gasteiger partial charge is 0.0716 e. The Kier molecular flexibility index (Phi) is 6.37. The van der Waals surface area contributed by atoms with Gasteiger partial charge in [0.25, 0.3) is 0 Å². The highest BCUT2D eigenvalue weighted by atomic mass is 16.5. The summed E-state index contributed by atoms with van der Waals surface area (Å²) in [6.45, 7) is 11.3. The van der Waals surface area contributed by atoms with Crippen molar-refractivity contribution in [2.45, 2.75) is 52.7 Å². The third-order valence-corrected chi connectivity index (χ3v) is 2.71. The van der Waals surface area contributed by atoms with Crippen LogP contribution in [-0.4, -0.2) is 18.7 Å². The highest BCUT2D eigenvalue weighted by Crippen LogP contribution is 2.07. The lowest BCUT2D eigenvalue weighted by Crippen LogP contribution is -2.37. The van der Waals surface area contributed by atoms with E-state index in [0.29, 0.717) is 0 Å². The second-order valence-electron chi connectivity index (χ2n) is 5.80. The fourth-order valence-corrected chi connectivity index (χ4v) is 1.72. The predicted molar refractivity (Wildman–Crippen MR) is 77.8 cm³/mol. The van der Waals surface area contributed by atoms with Gasteiger partial charge in [-0.05, 0) is 51.3 Å². The van der Waals surface area contributed by atoms with Gasteiger partial charge in [-0.3, -0.25) is 0 Å². The highest BCUT2D eigenvalue weighted by molar-refractivity contribution is 5.22. The molecule has 1 N–H and O–H groups in total. The molecule has 1 aromatic rings. The van der Waals surface area contributed by atoms with Gasteiger partial charge < -0.3 is 10.1 Å². The molecule has 0 saturated carbocycles. The molecular formula is C16H27NO. The molecule has 0 fully saturated rings. The molecule has 0 spiro atoms. The molecule has 1 aromatic carbocycles. The number of ether oxygens (including phenoxy) is 1. The fraction of sp³-hybridized carbons (Fsp3) is 0.625.